The van der Waals surface area contributed by atoms with E-state index in [0.717, 1.165) is 5.56 Å². The average Bonchev–Trinajstić information content (AvgIpc) is 2.04. The number of hydrogen-bond donors (Lipinski definition) is 0. The lowest BCUT2D eigenvalue weighted by molar-refractivity contribution is 0.102. The summed E-state index contributed by atoms with van der Waals surface area (Å²) >= 11 is 2.32. The molecule has 0 radical (unpaired) electrons. The molecule has 1 aromatic rings. The van der Waals surface area contributed by atoms with E-state index >= 15 is 0 Å². The van der Waals surface area contributed by atoms with Gasteiger partial charge in [-0.2, -0.15) is 8.78 Å². The minimum atomic E-state index is -2.71. The summed E-state index contributed by atoms with van der Waals surface area (Å²) in [4.78, 5) is -2.71. The van der Waals surface area contributed by atoms with Gasteiger partial charge in [0.2, 0.25) is 0 Å². The molecule has 3 heteroatoms. The van der Waals surface area contributed by atoms with Gasteiger partial charge in [-0.15, -0.1) is 0 Å². The molecular formula is C10H11BrF2. The van der Waals surface area contributed by atoms with E-state index in [1.54, 1.807) is 0 Å². The Morgan fingerprint density at radius 3 is 2.31 bits per heavy atom. The van der Waals surface area contributed by atoms with Gasteiger partial charge in [-0.3, -0.25) is 0 Å². The molecule has 0 heterocycles. The molecule has 0 N–H and O–H groups in total. The summed E-state index contributed by atoms with van der Waals surface area (Å²) in [5.74, 6) is 0. The molecule has 1 aromatic carbocycles. The van der Waals surface area contributed by atoms with Crippen molar-refractivity contribution in [2.75, 3.05) is 0 Å². The van der Waals surface area contributed by atoms with Crippen molar-refractivity contribution in [1.82, 2.24) is 0 Å². The molecule has 0 aliphatic carbocycles. The lowest BCUT2D eigenvalue weighted by Gasteiger charge is -2.07. The second-order valence-corrected chi connectivity index (χ2v) is 4.11. The third-order valence-electron chi connectivity index (χ3n) is 1.77. The summed E-state index contributed by atoms with van der Waals surface area (Å²) in [7, 11) is 0. The monoisotopic (exact) mass is 248 g/mol. The maximum atomic E-state index is 12.3. The Hall–Kier alpha value is -0.440. The van der Waals surface area contributed by atoms with Crippen LogP contribution < -0.4 is 0 Å². The Morgan fingerprint density at radius 1 is 1.15 bits per heavy atom. The first-order chi connectivity index (χ1) is 6.08. The second-order valence-electron chi connectivity index (χ2n) is 2.95. The highest BCUT2D eigenvalue weighted by atomic mass is 79.9. The number of hydrogen-bond acceptors (Lipinski definition) is 0. The zero-order chi connectivity index (χ0) is 9.73. The lowest BCUT2D eigenvalue weighted by Crippen LogP contribution is -2.04. The van der Waals surface area contributed by atoms with Crippen molar-refractivity contribution >= 4 is 15.9 Å². The number of rotatable bonds is 4. The molecule has 0 atom stereocenters. The zero-order valence-electron chi connectivity index (χ0n) is 7.14. The fourth-order valence-electron chi connectivity index (χ4n) is 1.14. The van der Waals surface area contributed by atoms with E-state index in [2.05, 4.69) is 15.9 Å². The molecule has 0 aromatic heterocycles. The minimum Gasteiger partial charge on any atom is -0.194 e. The summed E-state index contributed by atoms with van der Waals surface area (Å²) in [5, 5.41) is 0. The standard InChI is InChI=1S/C10H11BrF2/c11-10(12,13)8-4-7-9-5-2-1-3-6-9/h1-3,5-6H,4,7-8H2. The molecular weight excluding hydrogens is 238 g/mol. The highest BCUT2D eigenvalue weighted by Crippen LogP contribution is 2.27. The van der Waals surface area contributed by atoms with Crippen LogP contribution in [0.15, 0.2) is 30.3 Å². The van der Waals surface area contributed by atoms with Crippen LogP contribution in [-0.4, -0.2) is 4.83 Å². The van der Waals surface area contributed by atoms with Gasteiger partial charge in [0.1, 0.15) is 0 Å². The Labute approximate surface area is 85.1 Å². The van der Waals surface area contributed by atoms with Crippen molar-refractivity contribution in [3.63, 3.8) is 0 Å². The summed E-state index contributed by atoms with van der Waals surface area (Å²) in [5.41, 5.74) is 1.11. The van der Waals surface area contributed by atoms with E-state index in [1.165, 1.54) is 0 Å². The number of alkyl halides is 3. The van der Waals surface area contributed by atoms with Crippen LogP contribution in [0, 0.1) is 0 Å². The predicted molar refractivity (Wildman–Crippen MR) is 53.3 cm³/mol. The van der Waals surface area contributed by atoms with E-state index in [4.69, 9.17) is 0 Å². The van der Waals surface area contributed by atoms with Crippen molar-refractivity contribution < 1.29 is 8.78 Å². The highest BCUT2D eigenvalue weighted by Gasteiger charge is 2.22. The van der Waals surface area contributed by atoms with Crippen molar-refractivity contribution in [2.24, 2.45) is 0 Å². The minimum absolute atomic E-state index is 0.109. The normalized spacial score (nSPS) is 11.6. The van der Waals surface area contributed by atoms with Crippen molar-refractivity contribution in [3.05, 3.63) is 35.9 Å². The van der Waals surface area contributed by atoms with Crippen LogP contribution in [0.3, 0.4) is 0 Å². The molecule has 0 spiro atoms. The molecule has 13 heavy (non-hydrogen) atoms. The van der Waals surface area contributed by atoms with Crippen molar-refractivity contribution in [3.8, 4) is 0 Å². The van der Waals surface area contributed by atoms with Gasteiger partial charge in [0, 0.05) is 6.42 Å². The first kappa shape index (κ1) is 10.6. The summed E-state index contributed by atoms with van der Waals surface area (Å²) < 4.78 is 24.7. The Balaban J connectivity index is 2.29. The molecule has 0 aliphatic rings. The van der Waals surface area contributed by atoms with E-state index in [-0.39, 0.29) is 6.42 Å². The number of halogens is 3. The molecule has 0 bridgehead atoms. The topological polar surface area (TPSA) is 0 Å². The molecule has 0 saturated carbocycles. The number of benzene rings is 1. The predicted octanol–water partition coefficient (Wildman–Crippen LogP) is 4.00. The van der Waals surface area contributed by atoms with Gasteiger partial charge in [0.05, 0.1) is 0 Å². The average molecular weight is 249 g/mol. The smallest absolute Gasteiger partial charge is 0.194 e. The molecule has 1 rings (SSSR count). The SMILES string of the molecule is FC(F)(Br)CCCc1ccccc1. The van der Waals surface area contributed by atoms with Crippen LogP contribution in [0.4, 0.5) is 8.78 Å². The third-order valence-corrected chi connectivity index (χ3v) is 2.17. The summed E-state index contributed by atoms with van der Waals surface area (Å²) in [6, 6.07) is 9.66. The lowest BCUT2D eigenvalue weighted by atomic mass is 10.1. The van der Waals surface area contributed by atoms with Gasteiger partial charge < -0.3 is 0 Å². The van der Waals surface area contributed by atoms with Crippen LogP contribution in [0.1, 0.15) is 18.4 Å². The molecule has 0 unspecified atom stereocenters. The van der Waals surface area contributed by atoms with E-state index in [1.807, 2.05) is 30.3 Å². The van der Waals surface area contributed by atoms with Gasteiger partial charge in [-0.05, 0) is 34.3 Å². The van der Waals surface area contributed by atoms with Gasteiger partial charge in [-0.25, -0.2) is 0 Å². The molecule has 0 fully saturated rings. The quantitative estimate of drug-likeness (QED) is 0.707. The zero-order valence-corrected chi connectivity index (χ0v) is 8.73. The molecule has 0 nitrogen and oxygen atoms in total. The fourth-order valence-corrected chi connectivity index (χ4v) is 1.42. The third kappa shape index (κ3) is 4.98. The molecule has 0 saturated heterocycles. The van der Waals surface area contributed by atoms with Gasteiger partial charge in [0.25, 0.3) is 0 Å². The van der Waals surface area contributed by atoms with E-state index in [9.17, 15) is 8.78 Å². The number of aryl methyl sites for hydroxylation is 1. The van der Waals surface area contributed by atoms with Gasteiger partial charge >= 0.3 is 4.83 Å². The van der Waals surface area contributed by atoms with Crippen molar-refractivity contribution in [2.45, 2.75) is 24.1 Å². The summed E-state index contributed by atoms with van der Waals surface area (Å²) in [6.45, 7) is 0. The Bertz CT molecular complexity index is 241. The second kappa shape index (κ2) is 4.70. The maximum absolute atomic E-state index is 12.3. The molecule has 72 valence electrons. The van der Waals surface area contributed by atoms with Gasteiger partial charge in [-0.1, -0.05) is 30.3 Å². The van der Waals surface area contributed by atoms with Crippen LogP contribution >= 0.6 is 15.9 Å². The fraction of sp³-hybridized carbons (Fsp3) is 0.400. The first-order valence-corrected chi connectivity index (χ1v) is 4.98. The van der Waals surface area contributed by atoms with Crippen LogP contribution in [0.2, 0.25) is 0 Å². The first-order valence-electron chi connectivity index (χ1n) is 4.18. The van der Waals surface area contributed by atoms with E-state index in [0.29, 0.717) is 12.8 Å². The van der Waals surface area contributed by atoms with Crippen LogP contribution in [-0.2, 0) is 6.42 Å². The van der Waals surface area contributed by atoms with Crippen LogP contribution in [0.25, 0.3) is 0 Å². The van der Waals surface area contributed by atoms with Gasteiger partial charge in [0.15, 0.2) is 0 Å². The summed E-state index contributed by atoms with van der Waals surface area (Å²) in [6.07, 6.45) is 1.10. The molecule has 0 amide bonds. The Kier molecular flexibility index (Phi) is 3.85. The maximum Gasteiger partial charge on any atom is 0.301 e. The Morgan fingerprint density at radius 2 is 1.77 bits per heavy atom. The van der Waals surface area contributed by atoms with Crippen LogP contribution in [0.5, 0.6) is 0 Å². The molecule has 0 aliphatic heterocycles. The largest absolute Gasteiger partial charge is 0.301 e. The van der Waals surface area contributed by atoms with Crippen molar-refractivity contribution in [1.29, 1.82) is 0 Å². The highest BCUT2D eigenvalue weighted by molar-refractivity contribution is 9.09. The van der Waals surface area contributed by atoms with E-state index < -0.39 is 4.83 Å².